The van der Waals surface area contributed by atoms with E-state index >= 15 is 0 Å². The van der Waals surface area contributed by atoms with Crippen molar-refractivity contribution in [3.63, 3.8) is 0 Å². The maximum atomic E-state index is 12.6. The minimum absolute atomic E-state index is 0.0630. The molecule has 33 heavy (non-hydrogen) atoms. The number of carbonyl (C=O) groups excluding carboxylic acids is 2. The lowest BCUT2D eigenvalue weighted by molar-refractivity contribution is -0.142. The van der Waals surface area contributed by atoms with Gasteiger partial charge in [-0.1, -0.05) is 62.4 Å². The van der Waals surface area contributed by atoms with Crippen LogP contribution in [0.2, 0.25) is 0 Å². The first kappa shape index (κ1) is 24.3. The molecule has 8 nitrogen and oxygen atoms in total. The Morgan fingerprint density at radius 3 is 2.18 bits per heavy atom. The molecule has 0 bridgehead atoms. The van der Waals surface area contributed by atoms with Crippen molar-refractivity contribution in [3.8, 4) is 11.1 Å². The Bertz CT molecular complexity index is 945. The number of amides is 2. The summed E-state index contributed by atoms with van der Waals surface area (Å²) in [7, 11) is 0. The third-order valence-corrected chi connectivity index (χ3v) is 5.43. The molecule has 0 heterocycles. The fourth-order valence-corrected chi connectivity index (χ4v) is 4.01. The molecule has 0 unspecified atom stereocenters. The minimum Gasteiger partial charge on any atom is -0.480 e. The van der Waals surface area contributed by atoms with Crippen molar-refractivity contribution in [2.75, 3.05) is 26.4 Å². The first-order chi connectivity index (χ1) is 15.9. The first-order valence-corrected chi connectivity index (χ1v) is 11.1. The van der Waals surface area contributed by atoms with Gasteiger partial charge in [0.25, 0.3) is 0 Å². The van der Waals surface area contributed by atoms with Gasteiger partial charge < -0.3 is 25.2 Å². The molecule has 0 aromatic heterocycles. The van der Waals surface area contributed by atoms with Gasteiger partial charge in [0.1, 0.15) is 19.3 Å². The van der Waals surface area contributed by atoms with Crippen LogP contribution in [-0.2, 0) is 19.1 Å². The number of carboxylic acid groups (broad SMARTS) is 1. The summed E-state index contributed by atoms with van der Waals surface area (Å²) >= 11 is 0. The number of alkyl carbamates (subject to hydrolysis) is 1. The zero-order valence-corrected chi connectivity index (χ0v) is 18.9. The molecule has 2 aromatic carbocycles. The summed E-state index contributed by atoms with van der Waals surface area (Å²) in [6.45, 7) is 3.86. The Kier molecular flexibility index (Phi) is 8.43. The number of carbonyl (C=O) groups is 3. The van der Waals surface area contributed by atoms with Crippen molar-refractivity contribution in [2.24, 2.45) is 5.92 Å². The Hall–Kier alpha value is -3.39. The molecule has 0 aliphatic heterocycles. The van der Waals surface area contributed by atoms with E-state index in [0.29, 0.717) is 6.42 Å². The fraction of sp³-hybridized carbons (Fsp3) is 0.400. The molecule has 1 atom stereocenters. The molecule has 0 saturated heterocycles. The molecule has 0 fully saturated rings. The smallest absolute Gasteiger partial charge is 0.407 e. The Morgan fingerprint density at radius 2 is 1.61 bits per heavy atom. The van der Waals surface area contributed by atoms with Crippen molar-refractivity contribution in [3.05, 3.63) is 59.7 Å². The van der Waals surface area contributed by atoms with E-state index in [4.69, 9.17) is 14.6 Å². The summed E-state index contributed by atoms with van der Waals surface area (Å²) in [5, 5.41) is 13.9. The summed E-state index contributed by atoms with van der Waals surface area (Å²) in [5.74, 6) is -1.34. The van der Waals surface area contributed by atoms with Gasteiger partial charge in [0.15, 0.2) is 0 Å². The number of aliphatic carboxylic acids is 1. The average molecular weight is 455 g/mol. The number of benzene rings is 2. The zero-order chi connectivity index (χ0) is 23.8. The molecule has 1 aliphatic carbocycles. The molecular formula is C25H30N2O6. The second-order valence-corrected chi connectivity index (χ2v) is 8.39. The molecule has 0 saturated carbocycles. The summed E-state index contributed by atoms with van der Waals surface area (Å²) in [5.41, 5.74) is 4.52. The van der Waals surface area contributed by atoms with Crippen LogP contribution in [0.4, 0.5) is 4.79 Å². The summed E-state index contributed by atoms with van der Waals surface area (Å²) < 4.78 is 10.5. The third kappa shape index (κ3) is 6.55. The van der Waals surface area contributed by atoms with Crippen molar-refractivity contribution in [1.29, 1.82) is 0 Å². The van der Waals surface area contributed by atoms with E-state index in [1.807, 2.05) is 50.2 Å². The zero-order valence-electron chi connectivity index (χ0n) is 18.9. The van der Waals surface area contributed by atoms with Gasteiger partial charge in [0, 0.05) is 12.5 Å². The van der Waals surface area contributed by atoms with Gasteiger partial charge in [-0.3, -0.25) is 4.79 Å². The molecule has 8 heteroatoms. The van der Waals surface area contributed by atoms with Gasteiger partial charge >= 0.3 is 12.1 Å². The van der Waals surface area contributed by atoms with Crippen molar-refractivity contribution in [2.45, 2.75) is 32.2 Å². The third-order valence-electron chi connectivity index (χ3n) is 5.43. The highest BCUT2D eigenvalue weighted by Crippen LogP contribution is 2.44. The summed E-state index contributed by atoms with van der Waals surface area (Å²) in [6.07, 6.45) is -0.216. The molecule has 0 radical (unpaired) electrons. The highest BCUT2D eigenvalue weighted by atomic mass is 16.5. The van der Waals surface area contributed by atoms with E-state index in [9.17, 15) is 14.4 Å². The molecular weight excluding hydrogens is 424 g/mol. The largest absolute Gasteiger partial charge is 0.480 e. The van der Waals surface area contributed by atoms with Crippen LogP contribution in [0.15, 0.2) is 48.5 Å². The molecule has 176 valence electrons. The number of fused-ring (bicyclic) bond motifs is 3. The van der Waals surface area contributed by atoms with Crippen molar-refractivity contribution in [1.82, 2.24) is 10.6 Å². The lowest BCUT2D eigenvalue weighted by Crippen LogP contribution is -2.48. The number of carboxylic acids is 1. The van der Waals surface area contributed by atoms with Crippen LogP contribution in [0, 0.1) is 5.92 Å². The molecule has 1 aliphatic rings. The lowest BCUT2D eigenvalue weighted by Gasteiger charge is -2.21. The quantitative estimate of drug-likeness (QED) is 0.450. The van der Waals surface area contributed by atoms with Gasteiger partial charge in [-0.2, -0.15) is 0 Å². The monoisotopic (exact) mass is 454 g/mol. The van der Waals surface area contributed by atoms with E-state index < -0.39 is 24.7 Å². The summed E-state index contributed by atoms with van der Waals surface area (Å²) in [4.78, 5) is 35.6. The maximum absolute atomic E-state index is 12.6. The van der Waals surface area contributed by atoms with E-state index in [1.165, 1.54) is 0 Å². The molecule has 2 amide bonds. The Morgan fingerprint density at radius 1 is 1.00 bits per heavy atom. The van der Waals surface area contributed by atoms with Gasteiger partial charge in [-0.05, 0) is 34.6 Å². The van der Waals surface area contributed by atoms with Crippen LogP contribution in [0.5, 0.6) is 0 Å². The number of hydrogen-bond acceptors (Lipinski definition) is 5. The van der Waals surface area contributed by atoms with Gasteiger partial charge in [0.2, 0.25) is 5.91 Å². The van der Waals surface area contributed by atoms with Crippen LogP contribution in [0.1, 0.15) is 37.3 Å². The predicted octanol–water partition coefficient (Wildman–Crippen LogP) is 3.16. The average Bonchev–Trinajstić information content (AvgIpc) is 3.10. The highest BCUT2D eigenvalue weighted by Gasteiger charge is 2.30. The standard InChI is InChI=1S/C25H30N2O6/c1-16(2)13-22(24(30)26-11-12-32-15-23(28)29)27-25(31)33-14-21-19-9-5-3-7-17(19)18-8-4-6-10-20(18)21/h3-10,16,21-22H,11-15H2,1-2H3,(H,26,30)(H,27,31)(H,28,29)/t22-/m1/s1. The number of rotatable bonds is 11. The van der Waals surface area contributed by atoms with Crippen molar-refractivity contribution >= 4 is 18.0 Å². The predicted molar refractivity (Wildman–Crippen MR) is 123 cm³/mol. The van der Waals surface area contributed by atoms with Crippen LogP contribution in [0.3, 0.4) is 0 Å². The highest BCUT2D eigenvalue weighted by molar-refractivity contribution is 5.85. The second-order valence-electron chi connectivity index (χ2n) is 8.39. The first-order valence-electron chi connectivity index (χ1n) is 11.1. The SMILES string of the molecule is CC(C)C[C@@H](NC(=O)OCC1c2ccccc2-c2ccccc21)C(=O)NCCOCC(=O)O. The van der Waals surface area contributed by atoms with Crippen molar-refractivity contribution < 1.29 is 29.0 Å². The minimum atomic E-state index is -1.07. The second kappa shape index (κ2) is 11.5. The molecule has 2 aromatic rings. The maximum Gasteiger partial charge on any atom is 0.407 e. The van der Waals surface area contributed by atoms with E-state index in [2.05, 4.69) is 22.8 Å². The van der Waals surface area contributed by atoms with E-state index in [-0.39, 0.29) is 37.5 Å². The van der Waals surface area contributed by atoms with Gasteiger partial charge in [0.05, 0.1) is 6.61 Å². The molecule has 0 spiro atoms. The summed E-state index contributed by atoms with van der Waals surface area (Å²) in [6, 6.07) is 15.4. The number of nitrogens with one attached hydrogen (secondary N) is 2. The molecule has 3 N–H and O–H groups in total. The number of hydrogen-bond donors (Lipinski definition) is 3. The van der Waals surface area contributed by atoms with E-state index in [1.54, 1.807) is 0 Å². The number of ether oxygens (including phenoxy) is 2. The van der Waals surface area contributed by atoms with Gasteiger partial charge in [-0.25, -0.2) is 9.59 Å². The normalized spacial score (nSPS) is 13.2. The topological polar surface area (TPSA) is 114 Å². The lowest BCUT2D eigenvalue weighted by atomic mass is 9.98. The fourth-order valence-electron chi connectivity index (χ4n) is 4.01. The Balaban J connectivity index is 1.56. The Labute approximate surface area is 193 Å². The van der Waals surface area contributed by atoms with Crippen LogP contribution >= 0.6 is 0 Å². The van der Waals surface area contributed by atoms with Gasteiger partial charge in [-0.15, -0.1) is 0 Å². The van der Waals surface area contributed by atoms with Crippen LogP contribution in [0.25, 0.3) is 11.1 Å². The molecule has 3 rings (SSSR count). The van der Waals surface area contributed by atoms with E-state index in [0.717, 1.165) is 22.3 Å². The van der Waals surface area contributed by atoms with Crippen LogP contribution in [-0.4, -0.2) is 55.5 Å². The van der Waals surface area contributed by atoms with Crippen LogP contribution < -0.4 is 10.6 Å².